The van der Waals surface area contributed by atoms with E-state index in [0.717, 1.165) is 12.8 Å². The lowest BCUT2D eigenvalue weighted by molar-refractivity contribution is 0.118. The van der Waals surface area contributed by atoms with Crippen molar-refractivity contribution in [2.75, 3.05) is 19.7 Å². The molecular weight excluding hydrogens is 182 g/mol. The third-order valence-corrected chi connectivity index (χ3v) is 2.84. The van der Waals surface area contributed by atoms with E-state index in [1.807, 2.05) is 0 Å². The summed E-state index contributed by atoms with van der Waals surface area (Å²) in [6, 6.07) is 0. The third-order valence-electron chi connectivity index (χ3n) is 2.84. The van der Waals surface area contributed by atoms with Crippen LogP contribution in [0.3, 0.4) is 0 Å². The van der Waals surface area contributed by atoms with Gasteiger partial charge in [-0.3, -0.25) is 0 Å². The fraction of sp³-hybridized carbons (Fsp3) is 0.900. The monoisotopic (exact) mass is 201 g/mol. The molecule has 0 heterocycles. The molecule has 1 fully saturated rings. The second kappa shape index (κ2) is 5.86. The summed E-state index contributed by atoms with van der Waals surface area (Å²) in [5, 5.41) is 17.6. The van der Waals surface area contributed by atoms with E-state index in [1.165, 1.54) is 24.2 Å². The van der Waals surface area contributed by atoms with E-state index < -0.39 is 6.09 Å². The molecule has 1 aliphatic carbocycles. The zero-order valence-corrected chi connectivity index (χ0v) is 8.48. The number of amides is 1. The van der Waals surface area contributed by atoms with Crippen LogP contribution in [0.25, 0.3) is 0 Å². The van der Waals surface area contributed by atoms with Gasteiger partial charge in [-0.2, -0.15) is 0 Å². The fourth-order valence-electron chi connectivity index (χ4n) is 2.07. The molecule has 0 saturated heterocycles. The molecule has 1 aliphatic rings. The van der Waals surface area contributed by atoms with Crippen molar-refractivity contribution in [2.45, 2.75) is 32.1 Å². The van der Waals surface area contributed by atoms with Gasteiger partial charge in [0.25, 0.3) is 0 Å². The average Bonchev–Trinajstić information content (AvgIpc) is 2.18. The van der Waals surface area contributed by atoms with Gasteiger partial charge in [-0.15, -0.1) is 0 Å². The fourth-order valence-corrected chi connectivity index (χ4v) is 2.07. The van der Waals surface area contributed by atoms with Crippen LogP contribution in [-0.4, -0.2) is 40.9 Å². The molecule has 0 aromatic carbocycles. The molecule has 1 rings (SSSR count). The largest absolute Gasteiger partial charge is 0.465 e. The third kappa shape index (κ3) is 3.54. The molecule has 0 unspecified atom stereocenters. The molecule has 82 valence electrons. The first-order chi connectivity index (χ1) is 6.74. The second-order valence-electron chi connectivity index (χ2n) is 3.96. The van der Waals surface area contributed by atoms with Crippen LogP contribution in [0.15, 0.2) is 0 Å². The summed E-state index contributed by atoms with van der Waals surface area (Å²) < 4.78 is 0. The molecule has 0 atom stereocenters. The van der Waals surface area contributed by atoms with Gasteiger partial charge in [0.05, 0.1) is 6.61 Å². The SMILES string of the molecule is O=C(O)N(CCO)CC1CCCCC1. The molecule has 1 saturated carbocycles. The predicted molar refractivity (Wildman–Crippen MR) is 53.3 cm³/mol. The molecule has 0 aliphatic heterocycles. The van der Waals surface area contributed by atoms with Gasteiger partial charge < -0.3 is 15.1 Å². The molecular formula is C10H19NO3. The number of nitrogens with zero attached hydrogens (tertiary/aromatic N) is 1. The van der Waals surface area contributed by atoms with Crippen LogP contribution in [0.2, 0.25) is 0 Å². The lowest BCUT2D eigenvalue weighted by atomic mass is 9.89. The average molecular weight is 201 g/mol. The zero-order chi connectivity index (χ0) is 10.4. The number of carboxylic acid groups (broad SMARTS) is 1. The van der Waals surface area contributed by atoms with Gasteiger partial charge in [0.2, 0.25) is 0 Å². The van der Waals surface area contributed by atoms with Gasteiger partial charge in [0.15, 0.2) is 0 Å². The molecule has 0 radical (unpaired) electrons. The van der Waals surface area contributed by atoms with Crippen molar-refractivity contribution >= 4 is 6.09 Å². The number of hydrogen-bond acceptors (Lipinski definition) is 2. The van der Waals surface area contributed by atoms with E-state index in [1.54, 1.807) is 0 Å². The molecule has 0 spiro atoms. The van der Waals surface area contributed by atoms with Crippen molar-refractivity contribution in [3.8, 4) is 0 Å². The molecule has 4 nitrogen and oxygen atoms in total. The van der Waals surface area contributed by atoms with E-state index in [-0.39, 0.29) is 13.2 Å². The quantitative estimate of drug-likeness (QED) is 0.725. The van der Waals surface area contributed by atoms with Crippen molar-refractivity contribution in [2.24, 2.45) is 5.92 Å². The number of aliphatic hydroxyl groups excluding tert-OH is 1. The number of aliphatic hydroxyl groups is 1. The zero-order valence-electron chi connectivity index (χ0n) is 8.48. The van der Waals surface area contributed by atoms with E-state index in [9.17, 15) is 4.79 Å². The van der Waals surface area contributed by atoms with Crippen LogP contribution in [0, 0.1) is 5.92 Å². The van der Waals surface area contributed by atoms with Crippen molar-refractivity contribution in [1.29, 1.82) is 0 Å². The van der Waals surface area contributed by atoms with Gasteiger partial charge in [-0.25, -0.2) is 4.79 Å². The summed E-state index contributed by atoms with van der Waals surface area (Å²) in [6.07, 6.45) is 5.08. The highest BCUT2D eigenvalue weighted by Gasteiger charge is 2.19. The highest BCUT2D eigenvalue weighted by molar-refractivity contribution is 5.64. The predicted octanol–water partition coefficient (Wildman–Crippen LogP) is 1.54. The highest BCUT2D eigenvalue weighted by Crippen LogP contribution is 2.24. The first-order valence-electron chi connectivity index (χ1n) is 5.32. The lowest BCUT2D eigenvalue weighted by Crippen LogP contribution is -2.36. The minimum absolute atomic E-state index is 0.0843. The highest BCUT2D eigenvalue weighted by atomic mass is 16.4. The lowest BCUT2D eigenvalue weighted by Gasteiger charge is -2.27. The van der Waals surface area contributed by atoms with Gasteiger partial charge in [0, 0.05) is 13.1 Å². The summed E-state index contributed by atoms with van der Waals surface area (Å²) in [6.45, 7) is 0.751. The van der Waals surface area contributed by atoms with Crippen LogP contribution in [0.1, 0.15) is 32.1 Å². The first kappa shape index (κ1) is 11.3. The Bertz CT molecular complexity index is 178. The Kier molecular flexibility index (Phi) is 4.73. The van der Waals surface area contributed by atoms with Gasteiger partial charge in [0.1, 0.15) is 0 Å². The van der Waals surface area contributed by atoms with Crippen molar-refractivity contribution in [1.82, 2.24) is 4.90 Å². The van der Waals surface area contributed by atoms with Gasteiger partial charge in [-0.1, -0.05) is 19.3 Å². The Hall–Kier alpha value is -0.770. The summed E-state index contributed by atoms with van der Waals surface area (Å²) in [7, 11) is 0. The first-order valence-corrected chi connectivity index (χ1v) is 5.32. The Morgan fingerprint density at radius 1 is 1.29 bits per heavy atom. The van der Waals surface area contributed by atoms with Crippen molar-refractivity contribution < 1.29 is 15.0 Å². The number of carbonyl (C=O) groups is 1. The summed E-state index contributed by atoms with van der Waals surface area (Å²) in [5.41, 5.74) is 0. The summed E-state index contributed by atoms with van der Waals surface area (Å²) in [4.78, 5) is 12.1. The van der Waals surface area contributed by atoms with Crippen LogP contribution in [-0.2, 0) is 0 Å². The minimum atomic E-state index is -0.912. The van der Waals surface area contributed by atoms with E-state index >= 15 is 0 Å². The normalized spacial score (nSPS) is 18.1. The maximum Gasteiger partial charge on any atom is 0.407 e. The van der Waals surface area contributed by atoms with Crippen molar-refractivity contribution in [3.63, 3.8) is 0 Å². The molecule has 4 heteroatoms. The molecule has 0 aromatic heterocycles. The number of hydrogen-bond donors (Lipinski definition) is 2. The van der Waals surface area contributed by atoms with Crippen LogP contribution in [0.4, 0.5) is 4.79 Å². The maximum atomic E-state index is 10.8. The number of rotatable bonds is 4. The Morgan fingerprint density at radius 3 is 2.43 bits per heavy atom. The summed E-state index contributed by atoms with van der Waals surface area (Å²) in [5.74, 6) is 0.506. The maximum absolute atomic E-state index is 10.8. The Balaban J connectivity index is 2.33. The molecule has 14 heavy (non-hydrogen) atoms. The van der Waals surface area contributed by atoms with E-state index in [0.29, 0.717) is 12.5 Å². The molecule has 0 aromatic rings. The van der Waals surface area contributed by atoms with Crippen LogP contribution < -0.4 is 0 Å². The molecule has 1 amide bonds. The van der Waals surface area contributed by atoms with E-state index in [2.05, 4.69) is 0 Å². The smallest absolute Gasteiger partial charge is 0.407 e. The second-order valence-corrected chi connectivity index (χ2v) is 3.96. The van der Waals surface area contributed by atoms with E-state index in [4.69, 9.17) is 10.2 Å². The van der Waals surface area contributed by atoms with Crippen LogP contribution >= 0.6 is 0 Å². The Morgan fingerprint density at radius 2 is 1.93 bits per heavy atom. The summed E-state index contributed by atoms with van der Waals surface area (Å²) >= 11 is 0. The minimum Gasteiger partial charge on any atom is -0.465 e. The van der Waals surface area contributed by atoms with Gasteiger partial charge in [-0.05, 0) is 18.8 Å². The van der Waals surface area contributed by atoms with Crippen molar-refractivity contribution in [3.05, 3.63) is 0 Å². The Labute approximate surface area is 84.5 Å². The topological polar surface area (TPSA) is 60.8 Å². The molecule has 0 bridgehead atoms. The standard InChI is InChI=1S/C10H19NO3/c12-7-6-11(10(13)14)8-9-4-2-1-3-5-9/h9,12H,1-8H2,(H,13,14). The molecule has 2 N–H and O–H groups in total. The van der Waals surface area contributed by atoms with Crippen LogP contribution in [0.5, 0.6) is 0 Å². The van der Waals surface area contributed by atoms with Gasteiger partial charge >= 0.3 is 6.09 Å².